The lowest BCUT2D eigenvalue weighted by atomic mass is 10.1. The summed E-state index contributed by atoms with van der Waals surface area (Å²) in [6.45, 7) is 3.51. The Labute approximate surface area is 132 Å². The first-order valence-electron chi connectivity index (χ1n) is 7.02. The summed E-state index contributed by atoms with van der Waals surface area (Å²) in [6, 6.07) is 9.66. The highest BCUT2D eigenvalue weighted by atomic mass is 32.2. The summed E-state index contributed by atoms with van der Waals surface area (Å²) in [5.41, 5.74) is 2.01. The molecule has 0 bridgehead atoms. The van der Waals surface area contributed by atoms with Gasteiger partial charge in [0.15, 0.2) is 5.16 Å². The number of aromatic nitrogens is 2. The summed E-state index contributed by atoms with van der Waals surface area (Å²) in [5.74, 6) is -1.15. The third kappa shape index (κ3) is 3.98. The SMILES string of the molecule is CC[C@H](Sc1nc(C)c(Cc2ccccc2)c(=O)[nH]1)C(=O)[O-]. The van der Waals surface area contributed by atoms with Gasteiger partial charge < -0.3 is 14.9 Å². The number of nitrogens with zero attached hydrogens (tertiary/aromatic N) is 1. The van der Waals surface area contributed by atoms with Crippen molar-refractivity contribution in [3.8, 4) is 0 Å². The third-order valence-corrected chi connectivity index (χ3v) is 4.54. The lowest BCUT2D eigenvalue weighted by molar-refractivity contribution is -0.304. The van der Waals surface area contributed by atoms with Gasteiger partial charge in [0.05, 0.1) is 11.2 Å². The molecule has 2 rings (SSSR count). The van der Waals surface area contributed by atoms with Gasteiger partial charge in [-0.3, -0.25) is 4.79 Å². The molecule has 116 valence electrons. The summed E-state index contributed by atoms with van der Waals surface area (Å²) in [5, 5.41) is 10.6. The highest BCUT2D eigenvalue weighted by Gasteiger charge is 2.14. The number of carboxylic acids is 1. The minimum absolute atomic E-state index is 0.230. The molecule has 5 nitrogen and oxygen atoms in total. The van der Waals surface area contributed by atoms with E-state index in [1.54, 1.807) is 13.8 Å². The Hall–Kier alpha value is -2.08. The minimum atomic E-state index is -1.15. The van der Waals surface area contributed by atoms with Crippen LogP contribution in [0.2, 0.25) is 0 Å². The highest BCUT2D eigenvalue weighted by molar-refractivity contribution is 8.00. The van der Waals surface area contributed by atoms with Crippen LogP contribution in [-0.4, -0.2) is 21.2 Å². The fourth-order valence-electron chi connectivity index (χ4n) is 2.08. The van der Waals surface area contributed by atoms with E-state index in [1.807, 2.05) is 30.3 Å². The van der Waals surface area contributed by atoms with Gasteiger partial charge in [-0.25, -0.2) is 4.98 Å². The smallest absolute Gasteiger partial charge is 0.255 e. The van der Waals surface area contributed by atoms with Crippen LogP contribution in [-0.2, 0) is 11.2 Å². The molecule has 1 atom stereocenters. The van der Waals surface area contributed by atoms with Gasteiger partial charge in [-0.15, -0.1) is 0 Å². The molecule has 1 aromatic heterocycles. The number of aromatic amines is 1. The predicted octanol–water partition coefficient (Wildman–Crippen LogP) is 1.29. The predicted molar refractivity (Wildman–Crippen MR) is 83.8 cm³/mol. The normalized spacial score (nSPS) is 12.1. The van der Waals surface area contributed by atoms with Crippen LogP contribution in [0.4, 0.5) is 0 Å². The minimum Gasteiger partial charge on any atom is -0.549 e. The fraction of sp³-hybridized carbons (Fsp3) is 0.312. The molecular weight excluding hydrogens is 300 g/mol. The van der Waals surface area contributed by atoms with Crippen molar-refractivity contribution in [3.63, 3.8) is 0 Å². The van der Waals surface area contributed by atoms with E-state index in [9.17, 15) is 14.7 Å². The molecule has 0 saturated carbocycles. The molecule has 0 aliphatic heterocycles. The largest absolute Gasteiger partial charge is 0.549 e. The van der Waals surface area contributed by atoms with Crippen LogP contribution < -0.4 is 10.7 Å². The van der Waals surface area contributed by atoms with Crippen molar-refractivity contribution in [2.45, 2.75) is 37.1 Å². The fourth-order valence-corrected chi connectivity index (χ4v) is 2.96. The molecule has 0 aliphatic rings. The standard InChI is InChI=1S/C16H18N2O3S/c1-3-13(15(20)21)22-16-17-10(2)12(14(19)18-16)9-11-7-5-4-6-8-11/h4-8,13H,3,9H2,1-2H3,(H,20,21)(H,17,18,19)/p-1/t13-/m0/s1. The first kappa shape index (κ1) is 16.3. The maximum absolute atomic E-state index is 12.2. The Balaban J connectivity index is 2.25. The van der Waals surface area contributed by atoms with E-state index in [-0.39, 0.29) is 5.56 Å². The molecule has 22 heavy (non-hydrogen) atoms. The molecule has 1 aromatic carbocycles. The summed E-state index contributed by atoms with van der Waals surface area (Å²) in [4.78, 5) is 30.2. The Bertz CT molecular complexity index is 713. The molecule has 0 fully saturated rings. The van der Waals surface area contributed by atoms with Crippen LogP contribution in [0.1, 0.15) is 30.2 Å². The Morgan fingerprint density at radius 3 is 2.59 bits per heavy atom. The van der Waals surface area contributed by atoms with Crippen LogP contribution in [0, 0.1) is 6.92 Å². The van der Waals surface area contributed by atoms with E-state index < -0.39 is 11.2 Å². The second kappa shape index (κ2) is 7.26. The number of carboxylic acid groups (broad SMARTS) is 1. The zero-order chi connectivity index (χ0) is 16.1. The van der Waals surface area contributed by atoms with Crippen LogP contribution in [0.5, 0.6) is 0 Å². The second-order valence-corrected chi connectivity index (χ2v) is 6.12. The number of benzene rings is 1. The molecule has 6 heteroatoms. The Kier molecular flexibility index (Phi) is 5.38. The van der Waals surface area contributed by atoms with E-state index in [4.69, 9.17) is 0 Å². The zero-order valence-electron chi connectivity index (χ0n) is 12.5. The summed E-state index contributed by atoms with van der Waals surface area (Å²) in [6.07, 6.45) is 0.902. The van der Waals surface area contributed by atoms with Crippen LogP contribution in [0.3, 0.4) is 0 Å². The second-order valence-electron chi connectivity index (χ2n) is 4.93. The number of aryl methyl sites for hydroxylation is 1. The van der Waals surface area contributed by atoms with Crippen LogP contribution in [0.25, 0.3) is 0 Å². The van der Waals surface area contributed by atoms with Crippen molar-refractivity contribution in [1.82, 2.24) is 9.97 Å². The molecule has 0 amide bonds. The topological polar surface area (TPSA) is 85.9 Å². The van der Waals surface area contributed by atoms with Crippen molar-refractivity contribution in [1.29, 1.82) is 0 Å². The number of hydrogen-bond donors (Lipinski definition) is 1. The Morgan fingerprint density at radius 2 is 2.05 bits per heavy atom. The number of aliphatic carboxylic acids is 1. The van der Waals surface area contributed by atoms with Crippen molar-refractivity contribution >= 4 is 17.7 Å². The van der Waals surface area contributed by atoms with Crippen molar-refractivity contribution in [2.75, 3.05) is 0 Å². The van der Waals surface area contributed by atoms with Crippen molar-refractivity contribution in [3.05, 3.63) is 57.5 Å². The molecule has 2 aromatic rings. The van der Waals surface area contributed by atoms with Crippen LogP contribution >= 0.6 is 11.8 Å². The lowest BCUT2D eigenvalue weighted by Crippen LogP contribution is -2.33. The molecule has 1 N–H and O–H groups in total. The quantitative estimate of drug-likeness (QED) is 0.641. The lowest BCUT2D eigenvalue weighted by Gasteiger charge is -2.15. The van der Waals surface area contributed by atoms with Crippen molar-refractivity contribution < 1.29 is 9.90 Å². The molecule has 0 unspecified atom stereocenters. The zero-order valence-corrected chi connectivity index (χ0v) is 13.3. The maximum atomic E-state index is 12.2. The third-order valence-electron chi connectivity index (χ3n) is 3.31. The first-order chi connectivity index (χ1) is 10.5. The number of carbonyl (C=O) groups is 1. The maximum Gasteiger partial charge on any atom is 0.255 e. The number of hydrogen-bond acceptors (Lipinski definition) is 5. The van der Waals surface area contributed by atoms with Crippen molar-refractivity contribution in [2.24, 2.45) is 0 Å². The average molecular weight is 317 g/mol. The van der Waals surface area contributed by atoms with E-state index in [1.165, 1.54) is 0 Å². The highest BCUT2D eigenvalue weighted by Crippen LogP contribution is 2.21. The van der Waals surface area contributed by atoms with Gasteiger partial charge in [0, 0.05) is 17.7 Å². The molecule has 0 radical (unpaired) electrons. The van der Waals surface area contributed by atoms with Gasteiger partial charge in [-0.2, -0.15) is 0 Å². The molecule has 0 spiro atoms. The van der Waals surface area contributed by atoms with Crippen LogP contribution in [0.15, 0.2) is 40.3 Å². The van der Waals surface area contributed by atoms with Gasteiger partial charge >= 0.3 is 0 Å². The van der Waals surface area contributed by atoms with E-state index in [0.717, 1.165) is 17.3 Å². The van der Waals surface area contributed by atoms with Gasteiger partial charge in [0.1, 0.15) is 0 Å². The summed E-state index contributed by atoms with van der Waals surface area (Å²) in [7, 11) is 0. The summed E-state index contributed by atoms with van der Waals surface area (Å²) < 4.78 is 0. The summed E-state index contributed by atoms with van der Waals surface area (Å²) >= 11 is 1.01. The van der Waals surface area contributed by atoms with Gasteiger partial charge in [-0.1, -0.05) is 49.0 Å². The van der Waals surface area contributed by atoms with Gasteiger partial charge in [0.2, 0.25) is 0 Å². The average Bonchev–Trinajstić information content (AvgIpc) is 2.49. The molecule has 0 aliphatic carbocycles. The number of H-pyrrole nitrogens is 1. The number of nitrogens with one attached hydrogen (secondary N) is 1. The van der Waals surface area contributed by atoms with Gasteiger partial charge in [-0.05, 0) is 18.9 Å². The Morgan fingerprint density at radius 1 is 1.36 bits per heavy atom. The monoisotopic (exact) mass is 317 g/mol. The molecule has 0 saturated heterocycles. The number of thioether (sulfide) groups is 1. The molecular formula is C16H17N2O3S-. The van der Waals surface area contributed by atoms with Gasteiger partial charge in [0.25, 0.3) is 5.56 Å². The van der Waals surface area contributed by atoms with E-state index in [0.29, 0.717) is 29.3 Å². The first-order valence-corrected chi connectivity index (χ1v) is 7.90. The van der Waals surface area contributed by atoms with E-state index in [2.05, 4.69) is 9.97 Å². The number of rotatable bonds is 6. The van der Waals surface area contributed by atoms with E-state index >= 15 is 0 Å². The number of carbonyl (C=O) groups excluding carboxylic acids is 1. The molecule has 1 heterocycles.